The summed E-state index contributed by atoms with van der Waals surface area (Å²) >= 11 is 3.28. The largest absolute Gasteiger partial charge is 0.458 e. The van der Waals surface area contributed by atoms with Gasteiger partial charge in [-0.25, -0.2) is 14.8 Å². The number of fused-ring (bicyclic) bond motifs is 9. The Balaban J connectivity index is 1.06. The summed E-state index contributed by atoms with van der Waals surface area (Å²) < 4.78 is 55.2. The van der Waals surface area contributed by atoms with E-state index in [1.807, 2.05) is 64.2 Å². The second-order valence-corrected chi connectivity index (χ2v) is 20.0. The number of hydrogen-bond acceptors (Lipinski definition) is 15. The van der Waals surface area contributed by atoms with Gasteiger partial charge in [-0.1, -0.05) is 84.0 Å². The van der Waals surface area contributed by atoms with Gasteiger partial charge in [0.15, 0.2) is 11.7 Å². The van der Waals surface area contributed by atoms with E-state index in [1.165, 1.54) is 12.3 Å². The number of aliphatic hydroxyl groups excluding tert-OH is 2. The molecule has 69 heavy (non-hydrogen) atoms. The van der Waals surface area contributed by atoms with Crippen molar-refractivity contribution >= 4 is 34.1 Å². The zero-order valence-electron chi connectivity index (χ0n) is 40.7. The number of ether oxygens (including phenoxy) is 7. The highest BCUT2D eigenvalue weighted by molar-refractivity contribution is 9.11. The number of esters is 1. The number of carbonyl (C=O) groups is 1. The summed E-state index contributed by atoms with van der Waals surface area (Å²) in [5, 5.41) is 33.9. The molecule has 0 saturated carbocycles. The number of aromatic nitrogens is 2. The zero-order valence-corrected chi connectivity index (χ0v) is 42.3. The van der Waals surface area contributed by atoms with Crippen molar-refractivity contribution in [2.75, 3.05) is 14.2 Å². The van der Waals surface area contributed by atoms with Crippen LogP contribution in [0, 0.1) is 11.8 Å². The first kappa shape index (κ1) is 53.0. The van der Waals surface area contributed by atoms with Crippen molar-refractivity contribution < 1.29 is 62.1 Å². The number of oxazole rings is 2. The Bertz CT molecular complexity index is 2210. The summed E-state index contributed by atoms with van der Waals surface area (Å²) in [5.74, 6) is -1.95. The average Bonchev–Trinajstić information content (AvgIpc) is 3.96. The number of carbonyl (C=O) groups excluding carboxylic acids is 1. The van der Waals surface area contributed by atoms with Gasteiger partial charge >= 0.3 is 5.97 Å². The van der Waals surface area contributed by atoms with Gasteiger partial charge in [-0.15, -0.1) is 0 Å². The van der Waals surface area contributed by atoms with Crippen molar-refractivity contribution in [2.45, 2.75) is 177 Å². The average molecular weight is 1020 g/mol. The number of aliphatic hydroxyl groups is 3. The fourth-order valence-corrected chi connectivity index (χ4v) is 10.6. The van der Waals surface area contributed by atoms with Crippen LogP contribution in [0.2, 0.25) is 0 Å². The van der Waals surface area contributed by atoms with E-state index in [0.29, 0.717) is 75.1 Å². The van der Waals surface area contributed by atoms with Gasteiger partial charge in [-0.3, -0.25) is 0 Å². The molecule has 7 rings (SSSR count). The third kappa shape index (κ3) is 14.6. The van der Waals surface area contributed by atoms with E-state index in [4.69, 9.17) is 52.0 Å². The lowest BCUT2D eigenvalue weighted by atomic mass is 9.79. The second kappa shape index (κ2) is 24.5. The summed E-state index contributed by atoms with van der Waals surface area (Å²) in [5.41, 5.74) is 3.86. The standard InChI is InChI=1S/C53H71BrN2O13/c1-31(16-17-38(61-6)12-10-18-54)21-44(58)47-26-42(62-7)27-53(60,69-47)28-49-55-36(29-63-49)22-33(3)51-35(5)52-34(4)45(67-51)13-9-14-48-56-43(30-64-48)46-24-37(57)23-41(66-46)25-40-20-32(2)19-39(65-40)11-8-15-50(59)68-52/h8-10,14-18,21-22,29-30,34-35,37-42,44-47,51-52,57-58,60H,2,11-13,19-20,23-28H2,1,3-7H3/b14-9+,15-8-,17-16+,18-10+,31-21+,33-22+/t34-,35-,37-,38?,39-,40+,41-,42+,44+,45+,46+,47+,51-,52-,53-/m0/s1. The van der Waals surface area contributed by atoms with Crippen LogP contribution in [0.3, 0.4) is 0 Å². The number of methoxy groups -OCH3 is 2. The van der Waals surface area contributed by atoms with Crippen LogP contribution in [0.5, 0.6) is 0 Å². The van der Waals surface area contributed by atoms with E-state index in [0.717, 1.165) is 16.7 Å². The summed E-state index contributed by atoms with van der Waals surface area (Å²) in [6.07, 6.45) is 19.5. The van der Waals surface area contributed by atoms with Gasteiger partial charge in [-0.2, -0.15) is 0 Å². The highest BCUT2D eigenvalue weighted by Crippen LogP contribution is 2.40. The van der Waals surface area contributed by atoms with E-state index >= 15 is 0 Å². The molecule has 5 aliphatic rings. The number of rotatable bonds is 12. The Morgan fingerprint density at radius 3 is 2.57 bits per heavy atom. The summed E-state index contributed by atoms with van der Waals surface area (Å²) in [6, 6.07) is 0. The normalized spacial score (nSPS) is 36.1. The lowest BCUT2D eigenvalue weighted by Crippen LogP contribution is -2.51. The Kier molecular flexibility index (Phi) is 18.9. The van der Waals surface area contributed by atoms with Gasteiger partial charge in [0.25, 0.3) is 0 Å². The van der Waals surface area contributed by atoms with Crippen LogP contribution in [0.4, 0.5) is 0 Å². The molecular weight excluding hydrogens is 952 g/mol. The maximum Gasteiger partial charge on any atom is 0.330 e. The smallest absolute Gasteiger partial charge is 0.330 e. The minimum atomic E-state index is -1.73. The van der Waals surface area contributed by atoms with Crippen molar-refractivity contribution in [1.82, 2.24) is 9.97 Å². The highest BCUT2D eigenvalue weighted by atomic mass is 79.9. The van der Waals surface area contributed by atoms with Crippen LogP contribution in [0.25, 0.3) is 12.2 Å². The third-order valence-corrected chi connectivity index (χ3v) is 14.2. The van der Waals surface area contributed by atoms with Crippen molar-refractivity contribution in [3.05, 3.63) is 107 Å². The molecule has 16 heteroatoms. The Morgan fingerprint density at radius 2 is 1.78 bits per heavy atom. The minimum absolute atomic E-state index is 0.0830. The van der Waals surface area contributed by atoms with Crippen LogP contribution in [0.15, 0.2) is 92.2 Å². The van der Waals surface area contributed by atoms with E-state index in [-0.39, 0.29) is 67.2 Å². The SMILES string of the molecule is C=C1C[C@@H]2C[C@@H]3C[C@H](O)C[C@@H](O3)c3coc(n3)/C=C/C[C@H]3O[C@@H](/C(C)=C/c4coc(C[C@]5(O)C[C@H](OC)C[C@H]([C@H](O)/C=C(C)/C=C/C(C/C=C/Br)OC)O5)n4)[C@H](C)[C@@H](OC(=O)/C=C\C[C@@H](C1)O2)[C@H]3C. The summed E-state index contributed by atoms with van der Waals surface area (Å²) in [4.78, 5) is 24.8. The van der Waals surface area contributed by atoms with Gasteiger partial charge in [0.05, 0.1) is 67.5 Å². The van der Waals surface area contributed by atoms with Gasteiger partial charge in [0.2, 0.25) is 5.89 Å². The molecule has 378 valence electrons. The van der Waals surface area contributed by atoms with Crippen molar-refractivity contribution in [2.24, 2.45) is 11.8 Å². The minimum Gasteiger partial charge on any atom is -0.458 e. The van der Waals surface area contributed by atoms with Crippen LogP contribution in [-0.2, 0) is 44.4 Å². The maximum atomic E-state index is 13.6. The first-order valence-corrected chi connectivity index (χ1v) is 25.2. The van der Waals surface area contributed by atoms with Gasteiger partial charge in [0.1, 0.15) is 36.1 Å². The molecular formula is C53H71BrN2O13. The molecule has 0 aliphatic carbocycles. The predicted octanol–water partition coefficient (Wildman–Crippen LogP) is 8.76. The molecule has 8 bridgehead atoms. The van der Waals surface area contributed by atoms with E-state index < -0.39 is 48.4 Å². The van der Waals surface area contributed by atoms with Gasteiger partial charge in [-0.05, 0) is 75.1 Å². The number of halogens is 1. The Labute approximate surface area is 414 Å². The molecule has 15 nitrogen and oxygen atoms in total. The molecule has 7 heterocycles. The highest BCUT2D eigenvalue weighted by Gasteiger charge is 2.45. The molecule has 1 unspecified atom stereocenters. The molecule has 3 N–H and O–H groups in total. The molecule has 5 aliphatic heterocycles. The van der Waals surface area contributed by atoms with Crippen LogP contribution >= 0.6 is 15.9 Å². The zero-order chi connectivity index (χ0) is 49.2. The van der Waals surface area contributed by atoms with Crippen LogP contribution in [0.1, 0.15) is 121 Å². The van der Waals surface area contributed by atoms with E-state index in [9.17, 15) is 20.1 Å². The topological polar surface area (TPSA) is 194 Å². The van der Waals surface area contributed by atoms with Crippen molar-refractivity contribution in [1.29, 1.82) is 0 Å². The van der Waals surface area contributed by atoms with Crippen LogP contribution in [-0.4, -0.2) is 118 Å². The molecule has 2 aromatic rings. The lowest BCUT2D eigenvalue weighted by Gasteiger charge is -2.44. The summed E-state index contributed by atoms with van der Waals surface area (Å²) in [7, 11) is 3.22. The second-order valence-electron chi connectivity index (χ2n) is 19.5. The van der Waals surface area contributed by atoms with Gasteiger partial charge in [0, 0.05) is 57.8 Å². The first-order valence-electron chi connectivity index (χ1n) is 24.3. The number of hydrogen-bond donors (Lipinski definition) is 3. The first-order chi connectivity index (χ1) is 33.1. The Morgan fingerprint density at radius 1 is 0.986 bits per heavy atom. The van der Waals surface area contributed by atoms with E-state index in [1.54, 1.807) is 37.6 Å². The number of nitrogens with zero attached hydrogens (tertiary/aromatic N) is 2. The number of allylic oxidation sites excluding steroid dienone is 2. The van der Waals surface area contributed by atoms with E-state index in [2.05, 4.69) is 22.5 Å². The maximum absolute atomic E-state index is 13.6. The molecule has 0 spiro atoms. The molecule has 0 radical (unpaired) electrons. The fourth-order valence-electron chi connectivity index (χ4n) is 10.4. The molecule has 0 amide bonds. The fraction of sp³-hybridized carbons (Fsp3) is 0.604. The predicted molar refractivity (Wildman–Crippen MR) is 261 cm³/mol. The lowest BCUT2D eigenvalue weighted by molar-refractivity contribution is -0.286. The molecule has 4 saturated heterocycles. The van der Waals surface area contributed by atoms with Gasteiger partial charge < -0.3 is 57.3 Å². The summed E-state index contributed by atoms with van der Waals surface area (Å²) in [6.45, 7) is 12.2. The quantitative estimate of drug-likeness (QED) is 0.104. The molecule has 0 aromatic carbocycles. The van der Waals surface area contributed by atoms with Crippen molar-refractivity contribution in [3.63, 3.8) is 0 Å². The third-order valence-electron chi connectivity index (χ3n) is 13.9. The van der Waals surface area contributed by atoms with Crippen molar-refractivity contribution in [3.8, 4) is 0 Å². The molecule has 2 aromatic heterocycles. The van der Waals surface area contributed by atoms with Crippen LogP contribution < -0.4 is 0 Å². The Hall–Kier alpha value is -3.81. The molecule has 15 atom stereocenters. The molecule has 4 fully saturated rings. The monoisotopic (exact) mass is 1020 g/mol.